The van der Waals surface area contributed by atoms with E-state index in [1.54, 1.807) is 45.9 Å². The predicted molar refractivity (Wildman–Crippen MR) is 180 cm³/mol. The molecule has 1 aromatic carbocycles. The van der Waals surface area contributed by atoms with Gasteiger partial charge in [0.2, 0.25) is 0 Å². The molecule has 3 fully saturated rings. The number of benzene rings is 1. The van der Waals surface area contributed by atoms with Crippen LogP contribution in [0.3, 0.4) is 0 Å². The minimum atomic E-state index is -2.29. The number of hydrogen-bond acceptors (Lipinski definition) is 14. The van der Waals surface area contributed by atoms with Crippen LogP contribution in [0.2, 0.25) is 0 Å². The highest BCUT2D eigenvalue weighted by molar-refractivity contribution is 5.94. The summed E-state index contributed by atoms with van der Waals surface area (Å²) in [5.41, 5.74) is -7.46. The first-order chi connectivity index (χ1) is 24.3. The Kier molecular flexibility index (Phi) is 11.0. The molecule has 15 heteroatoms. The molecule has 6 N–H and O–H groups in total. The van der Waals surface area contributed by atoms with E-state index in [4.69, 9.17) is 23.7 Å². The summed E-state index contributed by atoms with van der Waals surface area (Å²) in [6.45, 7) is 9.03. The maximum Gasteiger partial charge on any atom is 0.407 e. The molecule has 2 bridgehead atoms. The summed E-state index contributed by atoms with van der Waals surface area (Å²) in [5.74, 6) is -4.99. The van der Waals surface area contributed by atoms with Crippen LogP contribution in [0.1, 0.15) is 64.7 Å². The molecule has 0 spiro atoms. The number of carbonyl (C=O) groups is 4. The van der Waals surface area contributed by atoms with Crippen LogP contribution in [0.25, 0.3) is 0 Å². The van der Waals surface area contributed by atoms with Gasteiger partial charge in [-0.25, -0.2) is 14.4 Å². The van der Waals surface area contributed by atoms with Crippen molar-refractivity contribution in [3.63, 3.8) is 0 Å². The van der Waals surface area contributed by atoms with Crippen molar-refractivity contribution in [2.24, 2.45) is 22.7 Å². The van der Waals surface area contributed by atoms with Crippen molar-refractivity contribution in [3.8, 4) is 0 Å². The van der Waals surface area contributed by atoms with E-state index in [2.05, 4.69) is 5.32 Å². The van der Waals surface area contributed by atoms with Gasteiger partial charge < -0.3 is 54.5 Å². The molecule has 9 unspecified atom stereocenters. The number of aliphatic hydroxyl groups is 5. The van der Waals surface area contributed by atoms with Gasteiger partial charge in [0.1, 0.15) is 36.1 Å². The predicted octanol–water partition coefficient (Wildman–Crippen LogP) is 0.820. The number of rotatable bonds is 10. The fourth-order valence-corrected chi connectivity index (χ4v) is 8.74. The van der Waals surface area contributed by atoms with Crippen molar-refractivity contribution in [1.82, 2.24) is 5.32 Å². The smallest absolute Gasteiger partial charge is 0.407 e. The molecule has 15 nitrogen and oxygen atoms in total. The van der Waals surface area contributed by atoms with Crippen LogP contribution in [0.4, 0.5) is 4.79 Å². The van der Waals surface area contributed by atoms with Crippen LogP contribution in [-0.2, 0) is 33.3 Å². The van der Waals surface area contributed by atoms with Gasteiger partial charge >= 0.3 is 18.0 Å². The lowest BCUT2D eigenvalue weighted by atomic mass is 9.44. The number of esters is 2. The zero-order valence-corrected chi connectivity index (χ0v) is 30.5. The average molecular weight is 734 g/mol. The Morgan fingerprint density at radius 2 is 1.69 bits per heavy atom. The number of alkyl carbamates (subject to hydrolysis) is 1. The van der Waals surface area contributed by atoms with Gasteiger partial charge in [0.05, 0.1) is 42.4 Å². The molecule has 5 rings (SSSR count). The number of fused-ring (bicyclic) bond motifs is 5. The summed E-state index contributed by atoms with van der Waals surface area (Å²) < 4.78 is 27.5. The van der Waals surface area contributed by atoms with E-state index in [9.17, 15) is 44.7 Å². The van der Waals surface area contributed by atoms with E-state index in [1.807, 2.05) is 0 Å². The number of methoxy groups -OCH3 is 1. The van der Waals surface area contributed by atoms with Crippen LogP contribution in [0.15, 0.2) is 41.5 Å². The maximum absolute atomic E-state index is 14.6. The zero-order chi connectivity index (χ0) is 38.6. The lowest BCUT2D eigenvalue weighted by molar-refractivity contribution is -0.343. The van der Waals surface area contributed by atoms with Crippen molar-refractivity contribution in [1.29, 1.82) is 0 Å². The Labute approximate surface area is 302 Å². The molecule has 1 aliphatic heterocycles. The summed E-state index contributed by atoms with van der Waals surface area (Å²) in [6, 6.07) is 6.70. The summed E-state index contributed by atoms with van der Waals surface area (Å²) in [6.07, 6.45) is -11.1. The van der Waals surface area contributed by atoms with Gasteiger partial charge in [-0.05, 0) is 43.0 Å². The normalized spacial score (nSPS) is 36.2. The molecule has 52 heavy (non-hydrogen) atoms. The maximum atomic E-state index is 14.6. The van der Waals surface area contributed by atoms with Gasteiger partial charge in [-0.1, -0.05) is 45.9 Å². The quantitative estimate of drug-likeness (QED) is 0.0848. The van der Waals surface area contributed by atoms with E-state index in [0.29, 0.717) is 0 Å². The van der Waals surface area contributed by atoms with Crippen LogP contribution >= 0.6 is 0 Å². The molecule has 1 aromatic rings. The highest BCUT2D eigenvalue weighted by atomic mass is 16.6. The topological polar surface area (TPSA) is 228 Å². The van der Waals surface area contributed by atoms with E-state index in [1.165, 1.54) is 33.1 Å². The first-order valence-corrected chi connectivity index (χ1v) is 17.5. The molecule has 0 aromatic heterocycles. The number of amides is 1. The SMILES string of the molecule is COCCOC(=O)NC(C(C)C)C(O)C(=O)OC1CC2(O)C(OC(=O)c3ccccc3)C3[C@]4(O)COC4CC(O)[C@@]3(C)C(=O)C(O)C(=C1C)C2(C)C. The van der Waals surface area contributed by atoms with Gasteiger partial charge in [0, 0.05) is 31.3 Å². The minimum Gasteiger partial charge on any atom is -0.456 e. The molecular formula is C37H51NO14. The third kappa shape index (κ3) is 6.33. The Bertz CT molecular complexity index is 1580. The van der Waals surface area contributed by atoms with E-state index < -0.39 is 107 Å². The van der Waals surface area contributed by atoms with Gasteiger partial charge in [-0.3, -0.25) is 4.79 Å². The third-order valence-corrected chi connectivity index (χ3v) is 12.0. The van der Waals surface area contributed by atoms with Gasteiger partial charge in [0.15, 0.2) is 11.9 Å². The highest BCUT2D eigenvalue weighted by Gasteiger charge is 2.76. The molecular weight excluding hydrogens is 682 g/mol. The molecule has 2 saturated carbocycles. The Balaban J connectivity index is 1.60. The number of nitrogens with one attached hydrogen (secondary N) is 1. The zero-order valence-electron chi connectivity index (χ0n) is 30.5. The number of ether oxygens (including phenoxy) is 5. The molecule has 3 aliphatic carbocycles. The molecule has 288 valence electrons. The summed E-state index contributed by atoms with van der Waals surface area (Å²) in [7, 11) is 1.43. The van der Waals surface area contributed by atoms with Crippen LogP contribution in [0, 0.1) is 22.7 Å². The third-order valence-electron chi connectivity index (χ3n) is 12.0. The standard InChI is InChI=1S/C37H51NO14/c1-18(2)25(38-33(45)49-14-13-48-7)27(41)32(44)51-21-16-37(47)30(52-31(43)20-11-9-8-10-12-20)28-35(6,22(39)15-23-36(28,46)17-50-23)29(42)26(40)24(19(21)3)34(37,4)5/h8-12,18,21-23,25-28,30,39-41,46-47H,13-17H2,1-7H3,(H,38,45)/t21?,22?,23?,25?,26?,27?,28?,30?,35-,36+,37?/m1/s1. The van der Waals surface area contributed by atoms with Crippen LogP contribution < -0.4 is 5.32 Å². The molecule has 1 heterocycles. The summed E-state index contributed by atoms with van der Waals surface area (Å²) >= 11 is 0. The largest absolute Gasteiger partial charge is 0.456 e. The number of hydrogen-bond donors (Lipinski definition) is 6. The summed E-state index contributed by atoms with van der Waals surface area (Å²) in [5, 5.41) is 62.5. The second-order valence-corrected chi connectivity index (χ2v) is 15.5. The number of carbonyl (C=O) groups excluding carboxylic acids is 4. The molecule has 1 saturated heterocycles. The lowest BCUT2D eigenvalue weighted by Crippen LogP contribution is -2.81. The fraction of sp³-hybridized carbons (Fsp3) is 0.676. The second kappa shape index (κ2) is 14.4. The van der Waals surface area contributed by atoms with Crippen molar-refractivity contribution >= 4 is 23.8 Å². The van der Waals surface area contributed by atoms with Crippen molar-refractivity contribution < 1.29 is 68.4 Å². The van der Waals surface area contributed by atoms with E-state index in [0.717, 1.165) is 0 Å². The minimum absolute atomic E-state index is 0.0367. The monoisotopic (exact) mass is 733 g/mol. The van der Waals surface area contributed by atoms with Crippen LogP contribution in [0.5, 0.6) is 0 Å². The molecule has 4 aliphatic rings. The Morgan fingerprint density at radius 1 is 1.04 bits per heavy atom. The number of Topliss-reactive ketones (excluding diaryl/α,β-unsaturated/α-hetero) is 1. The van der Waals surface area contributed by atoms with Gasteiger partial charge in [-0.2, -0.15) is 0 Å². The highest BCUT2D eigenvalue weighted by Crippen LogP contribution is 2.63. The average Bonchev–Trinajstić information content (AvgIpc) is 3.09. The second-order valence-electron chi connectivity index (χ2n) is 15.5. The Morgan fingerprint density at radius 3 is 2.27 bits per heavy atom. The van der Waals surface area contributed by atoms with E-state index >= 15 is 0 Å². The van der Waals surface area contributed by atoms with Crippen molar-refractivity contribution in [2.75, 3.05) is 26.9 Å². The first-order valence-electron chi connectivity index (χ1n) is 17.5. The Hall–Kier alpha value is -3.44. The van der Waals surface area contributed by atoms with Gasteiger partial charge in [0.25, 0.3) is 0 Å². The van der Waals surface area contributed by atoms with Gasteiger partial charge in [-0.15, -0.1) is 0 Å². The summed E-state index contributed by atoms with van der Waals surface area (Å²) in [4.78, 5) is 54.5. The first kappa shape index (κ1) is 39.8. The fourth-order valence-electron chi connectivity index (χ4n) is 8.74. The van der Waals surface area contributed by atoms with Crippen molar-refractivity contribution in [2.45, 2.75) is 108 Å². The molecule has 1 amide bonds. The molecule has 11 atom stereocenters. The number of ketones is 1. The lowest BCUT2D eigenvalue weighted by Gasteiger charge is -2.66. The van der Waals surface area contributed by atoms with Crippen LogP contribution in [-0.4, -0.2) is 130 Å². The van der Waals surface area contributed by atoms with E-state index in [-0.39, 0.29) is 43.0 Å². The molecule has 0 radical (unpaired) electrons. The number of aliphatic hydroxyl groups excluding tert-OH is 3. The van der Waals surface area contributed by atoms with Crippen molar-refractivity contribution in [3.05, 3.63) is 47.0 Å².